The molecule has 0 bridgehead atoms. The molecular formula is C15H15NO2S. The maximum absolute atomic E-state index is 12.2. The van der Waals surface area contributed by atoms with Gasteiger partial charge < -0.3 is 10.1 Å². The minimum Gasteiger partial charge on any atom is -0.497 e. The number of ether oxygens (including phenoxy) is 1. The molecule has 0 saturated carbocycles. The number of thiol groups is 1. The molecule has 0 aliphatic rings. The lowest BCUT2D eigenvalue weighted by Gasteiger charge is -2.09. The molecule has 0 unspecified atom stereocenters. The number of carbonyl (C=O) groups is 1. The number of methoxy groups -OCH3 is 1. The first kappa shape index (κ1) is 13.5. The number of aryl methyl sites for hydroxylation is 1. The molecule has 2 aromatic carbocycles. The lowest BCUT2D eigenvalue weighted by molar-refractivity contribution is 0.102. The molecule has 3 nitrogen and oxygen atoms in total. The number of hydrogen-bond donors (Lipinski definition) is 2. The van der Waals surface area contributed by atoms with Crippen molar-refractivity contribution < 1.29 is 9.53 Å². The molecule has 0 heterocycles. The van der Waals surface area contributed by atoms with Crippen molar-refractivity contribution in [2.45, 2.75) is 11.8 Å². The summed E-state index contributed by atoms with van der Waals surface area (Å²) in [5.74, 6) is 0.555. The van der Waals surface area contributed by atoms with E-state index in [-0.39, 0.29) is 5.91 Å². The van der Waals surface area contributed by atoms with E-state index in [0.29, 0.717) is 17.0 Å². The second-order valence-electron chi connectivity index (χ2n) is 4.19. The molecular weight excluding hydrogens is 258 g/mol. The zero-order chi connectivity index (χ0) is 13.8. The van der Waals surface area contributed by atoms with Gasteiger partial charge in [-0.2, -0.15) is 0 Å². The van der Waals surface area contributed by atoms with Gasteiger partial charge in [-0.25, -0.2) is 0 Å². The maximum atomic E-state index is 12.2. The molecule has 0 atom stereocenters. The van der Waals surface area contributed by atoms with Crippen LogP contribution in [0.15, 0.2) is 47.4 Å². The predicted octanol–water partition coefficient (Wildman–Crippen LogP) is 3.54. The van der Waals surface area contributed by atoms with Crippen molar-refractivity contribution in [3.8, 4) is 5.75 Å². The van der Waals surface area contributed by atoms with Gasteiger partial charge in [0.15, 0.2) is 0 Å². The van der Waals surface area contributed by atoms with Crippen molar-refractivity contribution in [3.63, 3.8) is 0 Å². The first-order valence-electron chi connectivity index (χ1n) is 5.85. The highest BCUT2D eigenvalue weighted by molar-refractivity contribution is 7.80. The number of nitrogens with one attached hydrogen (secondary N) is 1. The van der Waals surface area contributed by atoms with Crippen LogP contribution in [-0.2, 0) is 0 Å². The minimum absolute atomic E-state index is 0.151. The fourth-order valence-corrected chi connectivity index (χ4v) is 1.96. The van der Waals surface area contributed by atoms with Crippen LogP contribution in [0.2, 0.25) is 0 Å². The van der Waals surface area contributed by atoms with Crippen LogP contribution in [0.4, 0.5) is 5.69 Å². The monoisotopic (exact) mass is 273 g/mol. The molecule has 0 fully saturated rings. The molecule has 1 amide bonds. The second kappa shape index (κ2) is 5.80. The smallest absolute Gasteiger partial charge is 0.255 e. The number of carbonyl (C=O) groups excluding carboxylic acids is 1. The average molecular weight is 273 g/mol. The Morgan fingerprint density at radius 2 is 2.00 bits per heavy atom. The number of hydrogen-bond acceptors (Lipinski definition) is 3. The van der Waals surface area contributed by atoms with Crippen molar-refractivity contribution >= 4 is 24.2 Å². The normalized spacial score (nSPS) is 10.1. The van der Waals surface area contributed by atoms with Crippen molar-refractivity contribution in [3.05, 3.63) is 53.6 Å². The van der Waals surface area contributed by atoms with Crippen molar-refractivity contribution in [1.82, 2.24) is 0 Å². The van der Waals surface area contributed by atoms with Gasteiger partial charge in [-0.15, -0.1) is 12.6 Å². The SMILES string of the molecule is COc1cccc(NC(=O)c2cc(S)ccc2C)c1. The zero-order valence-corrected chi connectivity index (χ0v) is 11.7. The molecule has 0 aromatic heterocycles. The Morgan fingerprint density at radius 1 is 1.21 bits per heavy atom. The molecule has 0 aliphatic carbocycles. The first-order valence-corrected chi connectivity index (χ1v) is 6.30. The molecule has 4 heteroatoms. The van der Waals surface area contributed by atoms with Crippen LogP contribution in [0.5, 0.6) is 5.75 Å². The maximum Gasteiger partial charge on any atom is 0.255 e. The van der Waals surface area contributed by atoms with Crippen LogP contribution in [0.25, 0.3) is 0 Å². The van der Waals surface area contributed by atoms with Crippen LogP contribution >= 0.6 is 12.6 Å². The van der Waals surface area contributed by atoms with Crippen molar-refractivity contribution in [2.24, 2.45) is 0 Å². The van der Waals surface area contributed by atoms with E-state index in [1.165, 1.54) is 0 Å². The van der Waals surface area contributed by atoms with Crippen LogP contribution in [0, 0.1) is 6.92 Å². The van der Waals surface area contributed by atoms with E-state index < -0.39 is 0 Å². The van der Waals surface area contributed by atoms with E-state index in [1.807, 2.05) is 37.3 Å². The fraction of sp³-hybridized carbons (Fsp3) is 0.133. The highest BCUT2D eigenvalue weighted by Crippen LogP contribution is 2.19. The number of amides is 1. The lowest BCUT2D eigenvalue weighted by Crippen LogP contribution is -2.13. The van der Waals surface area contributed by atoms with E-state index >= 15 is 0 Å². The summed E-state index contributed by atoms with van der Waals surface area (Å²) >= 11 is 4.25. The summed E-state index contributed by atoms with van der Waals surface area (Å²) in [7, 11) is 1.59. The molecule has 0 aliphatic heterocycles. The summed E-state index contributed by atoms with van der Waals surface area (Å²) < 4.78 is 5.12. The Labute approximate surface area is 118 Å². The highest BCUT2D eigenvalue weighted by atomic mass is 32.1. The Hall–Kier alpha value is -1.94. The summed E-state index contributed by atoms with van der Waals surface area (Å²) in [5.41, 5.74) is 2.24. The second-order valence-corrected chi connectivity index (χ2v) is 4.70. The first-order chi connectivity index (χ1) is 9.10. The Kier molecular flexibility index (Phi) is 4.12. The largest absolute Gasteiger partial charge is 0.497 e. The zero-order valence-electron chi connectivity index (χ0n) is 10.8. The summed E-state index contributed by atoms with van der Waals surface area (Å²) in [4.78, 5) is 13.0. The van der Waals surface area contributed by atoms with Gasteiger partial charge in [-0.05, 0) is 36.8 Å². The molecule has 98 valence electrons. The van der Waals surface area contributed by atoms with Crippen molar-refractivity contribution in [2.75, 3.05) is 12.4 Å². The molecule has 2 rings (SSSR count). The van der Waals surface area contributed by atoms with E-state index in [0.717, 1.165) is 10.5 Å². The fourth-order valence-electron chi connectivity index (χ4n) is 1.75. The van der Waals surface area contributed by atoms with Gasteiger partial charge in [0.1, 0.15) is 5.75 Å². The van der Waals surface area contributed by atoms with Gasteiger partial charge in [-0.1, -0.05) is 12.1 Å². The van der Waals surface area contributed by atoms with E-state index in [1.54, 1.807) is 19.2 Å². The summed E-state index contributed by atoms with van der Waals surface area (Å²) in [5, 5.41) is 2.85. The van der Waals surface area contributed by atoms with Gasteiger partial charge >= 0.3 is 0 Å². The summed E-state index contributed by atoms with van der Waals surface area (Å²) in [6, 6.07) is 12.8. The Balaban J connectivity index is 2.23. The van der Waals surface area contributed by atoms with E-state index in [4.69, 9.17) is 4.74 Å². The number of anilines is 1. The quantitative estimate of drug-likeness (QED) is 0.839. The highest BCUT2D eigenvalue weighted by Gasteiger charge is 2.10. The number of rotatable bonds is 3. The average Bonchev–Trinajstić information content (AvgIpc) is 2.41. The molecule has 1 N–H and O–H groups in total. The minimum atomic E-state index is -0.151. The molecule has 0 radical (unpaired) electrons. The summed E-state index contributed by atoms with van der Waals surface area (Å²) in [6.07, 6.45) is 0. The topological polar surface area (TPSA) is 38.3 Å². The molecule has 0 spiro atoms. The molecule has 19 heavy (non-hydrogen) atoms. The van der Waals surface area contributed by atoms with Crippen LogP contribution in [0.3, 0.4) is 0 Å². The Bertz CT molecular complexity index is 611. The van der Waals surface area contributed by atoms with Crippen LogP contribution in [0.1, 0.15) is 15.9 Å². The third kappa shape index (κ3) is 3.29. The van der Waals surface area contributed by atoms with Crippen LogP contribution < -0.4 is 10.1 Å². The van der Waals surface area contributed by atoms with Gasteiger partial charge in [0.05, 0.1) is 7.11 Å². The van der Waals surface area contributed by atoms with E-state index in [2.05, 4.69) is 17.9 Å². The lowest BCUT2D eigenvalue weighted by atomic mass is 10.1. The molecule has 2 aromatic rings. The molecule has 0 saturated heterocycles. The summed E-state index contributed by atoms with van der Waals surface area (Å²) in [6.45, 7) is 1.90. The third-order valence-corrected chi connectivity index (χ3v) is 3.07. The predicted molar refractivity (Wildman–Crippen MR) is 79.4 cm³/mol. The third-order valence-electron chi connectivity index (χ3n) is 2.79. The van der Waals surface area contributed by atoms with Gasteiger partial charge in [0, 0.05) is 22.2 Å². The number of benzene rings is 2. The van der Waals surface area contributed by atoms with E-state index in [9.17, 15) is 4.79 Å². The van der Waals surface area contributed by atoms with Crippen molar-refractivity contribution in [1.29, 1.82) is 0 Å². The standard InChI is InChI=1S/C15H15NO2S/c1-10-6-7-13(19)9-14(10)15(17)16-11-4-3-5-12(8-11)18-2/h3-9,19H,1-2H3,(H,16,17). The Morgan fingerprint density at radius 3 is 2.74 bits per heavy atom. The van der Waals surface area contributed by atoms with Gasteiger partial charge in [0.2, 0.25) is 0 Å². The van der Waals surface area contributed by atoms with Crippen LogP contribution in [-0.4, -0.2) is 13.0 Å². The van der Waals surface area contributed by atoms with Gasteiger partial charge in [-0.3, -0.25) is 4.79 Å². The van der Waals surface area contributed by atoms with Gasteiger partial charge in [0.25, 0.3) is 5.91 Å².